The summed E-state index contributed by atoms with van der Waals surface area (Å²) in [6, 6.07) is 6.87. The molecule has 0 spiro atoms. The zero-order valence-corrected chi connectivity index (χ0v) is 15.6. The molecule has 0 unspecified atom stereocenters. The summed E-state index contributed by atoms with van der Waals surface area (Å²) in [5, 5.41) is 0.541. The Hall–Kier alpha value is -2.27. The molecule has 134 valence electrons. The normalized spacial score (nSPS) is 10.6. The molecule has 5 nitrogen and oxygen atoms in total. The highest BCUT2D eigenvalue weighted by atomic mass is 35.5. The van der Waals surface area contributed by atoms with Gasteiger partial charge in [-0.2, -0.15) is 0 Å². The Kier molecular flexibility index (Phi) is 6.26. The molecule has 2 rings (SSSR count). The highest BCUT2D eigenvalue weighted by molar-refractivity contribution is 6.30. The van der Waals surface area contributed by atoms with Crippen LogP contribution in [0.2, 0.25) is 5.02 Å². The molecule has 2 aromatic rings. The van der Waals surface area contributed by atoms with Crippen molar-refractivity contribution in [3.05, 3.63) is 51.8 Å². The predicted octanol–water partition coefficient (Wildman–Crippen LogP) is 4.22. The zero-order valence-electron chi connectivity index (χ0n) is 14.9. The second-order valence-corrected chi connectivity index (χ2v) is 6.00. The van der Waals surface area contributed by atoms with Crippen molar-refractivity contribution in [1.82, 2.24) is 4.57 Å². The Bertz CT molecular complexity index is 795. The first-order chi connectivity index (χ1) is 11.9. The molecule has 0 fully saturated rings. The van der Waals surface area contributed by atoms with Crippen molar-refractivity contribution in [3.8, 4) is 5.75 Å². The van der Waals surface area contributed by atoms with Crippen LogP contribution in [0.5, 0.6) is 5.75 Å². The molecule has 6 heteroatoms. The van der Waals surface area contributed by atoms with Crippen LogP contribution >= 0.6 is 11.6 Å². The third-order valence-electron chi connectivity index (χ3n) is 4.00. The van der Waals surface area contributed by atoms with Crippen molar-refractivity contribution in [2.75, 3.05) is 13.2 Å². The number of carbonyl (C=O) groups excluding carboxylic acids is 2. The van der Waals surface area contributed by atoms with Gasteiger partial charge in [0.2, 0.25) is 5.78 Å². The van der Waals surface area contributed by atoms with Crippen LogP contribution < -0.4 is 4.74 Å². The van der Waals surface area contributed by atoms with Crippen molar-refractivity contribution < 1.29 is 19.1 Å². The minimum atomic E-state index is -0.417. The van der Waals surface area contributed by atoms with Gasteiger partial charge in [-0.15, -0.1) is 0 Å². The molecule has 1 aromatic heterocycles. The van der Waals surface area contributed by atoms with Gasteiger partial charge in [-0.25, -0.2) is 4.79 Å². The Balaban J connectivity index is 2.28. The maximum atomic E-state index is 12.7. The van der Waals surface area contributed by atoms with Gasteiger partial charge >= 0.3 is 5.97 Å². The molecule has 0 aliphatic carbocycles. The van der Waals surface area contributed by atoms with Gasteiger partial charge in [0, 0.05) is 22.8 Å². The van der Waals surface area contributed by atoms with E-state index < -0.39 is 5.97 Å². The van der Waals surface area contributed by atoms with E-state index in [4.69, 9.17) is 21.1 Å². The Morgan fingerprint density at radius 1 is 1.20 bits per heavy atom. The molecule has 0 saturated heterocycles. The lowest BCUT2D eigenvalue weighted by atomic mass is 10.1. The van der Waals surface area contributed by atoms with Gasteiger partial charge in [-0.05, 0) is 51.5 Å². The molecule has 25 heavy (non-hydrogen) atoms. The van der Waals surface area contributed by atoms with Gasteiger partial charge in [0.25, 0.3) is 0 Å². The molecule has 0 atom stereocenters. The lowest BCUT2D eigenvalue weighted by Crippen LogP contribution is -2.13. The zero-order chi connectivity index (χ0) is 18.6. The molecule has 1 aromatic carbocycles. The molecule has 0 aliphatic heterocycles. The average Bonchev–Trinajstić information content (AvgIpc) is 2.83. The minimum Gasteiger partial charge on any atom is -0.485 e. The Morgan fingerprint density at radius 2 is 1.92 bits per heavy atom. The van der Waals surface area contributed by atoms with Crippen LogP contribution in [-0.2, 0) is 11.3 Å². The number of halogens is 1. The number of carbonyl (C=O) groups is 2. The van der Waals surface area contributed by atoms with Gasteiger partial charge < -0.3 is 14.0 Å². The summed E-state index contributed by atoms with van der Waals surface area (Å²) in [6.07, 6.45) is 0. The number of ether oxygens (including phenoxy) is 2. The first-order valence-corrected chi connectivity index (χ1v) is 8.56. The van der Waals surface area contributed by atoms with Crippen LogP contribution in [0, 0.1) is 13.8 Å². The molecule has 0 bridgehead atoms. The second-order valence-electron chi connectivity index (χ2n) is 5.57. The van der Waals surface area contributed by atoms with Gasteiger partial charge in [-0.3, -0.25) is 4.79 Å². The van der Waals surface area contributed by atoms with E-state index in [1.807, 2.05) is 13.8 Å². The lowest BCUT2D eigenvalue weighted by molar-refractivity contribution is 0.0512. The number of hydrogen-bond donors (Lipinski definition) is 0. The molecule has 0 saturated carbocycles. The number of aromatic nitrogens is 1. The van der Waals surface area contributed by atoms with E-state index in [0.29, 0.717) is 34.1 Å². The van der Waals surface area contributed by atoms with E-state index in [9.17, 15) is 9.59 Å². The Morgan fingerprint density at radius 3 is 2.52 bits per heavy atom. The highest BCUT2D eigenvalue weighted by Gasteiger charge is 2.26. The lowest BCUT2D eigenvalue weighted by Gasteiger charge is -2.08. The second kappa shape index (κ2) is 8.21. The van der Waals surface area contributed by atoms with E-state index in [1.54, 1.807) is 42.7 Å². The Labute approximate surface area is 152 Å². The molecular weight excluding hydrogens is 342 g/mol. The molecule has 0 aliphatic rings. The van der Waals surface area contributed by atoms with Crippen LogP contribution in [0.3, 0.4) is 0 Å². The summed E-state index contributed by atoms with van der Waals surface area (Å²) in [5.41, 5.74) is 2.29. The number of esters is 1. The van der Waals surface area contributed by atoms with E-state index >= 15 is 0 Å². The summed E-state index contributed by atoms with van der Waals surface area (Å²) in [6.45, 7) is 7.99. The first-order valence-electron chi connectivity index (χ1n) is 8.19. The first kappa shape index (κ1) is 19.1. The quantitative estimate of drug-likeness (QED) is 0.546. The fourth-order valence-corrected chi connectivity index (χ4v) is 3.12. The maximum Gasteiger partial charge on any atom is 0.355 e. The van der Waals surface area contributed by atoms with E-state index in [1.165, 1.54) is 0 Å². The summed E-state index contributed by atoms with van der Waals surface area (Å²) in [4.78, 5) is 24.9. The van der Waals surface area contributed by atoms with Crippen molar-refractivity contribution >= 4 is 23.4 Å². The van der Waals surface area contributed by atoms with Crippen molar-refractivity contribution in [2.24, 2.45) is 0 Å². The minimum absolute atomic E-state index is 0.127. The maximum absolute atomic E-state index is 12.7. The summed E-state index contributed by atoms with van der Waals surface area (Å²) >= 11 is 5.92. The van der Waals surface area contributed by atoms with E-state index in [2.05, 4.69) is 0 Å². The van der Waals surface area contributed by atoms with Gasteiger partial charge in [0.1, 0.15) is 11.4 Å². The third-order valence-corrected chi connectivity index (χ3v) is 4.23. The number of Topliss-reactive ketones (excluding diaryl/α,β-unsaturated/α-hetero) is 1. The SMILES string of the molecule is CCOC(=O)c1c(C)c(C(=O)COc2cccc(Cl)c2)c(C)n1CC. The largest absolute Gasteiger partial charge is 0.485 e. The number of nitrogens with zero attached hydrogens (tertiary/aromatic N) is 1. The van der Waals surface area contributed by atoms with E-state index in [0.717, 1.165) is 5.69 Å². The monoisotopic (exact) mass is 363 g/mol. The fraction of sp³-hybridized carbons (Fsp3) is 0.368. The predicted molar refractivity (Wildman–Crippen MR) is 96.8 cm³/mol. The molecular formula is C19H22ClNO4. The van der Waals surface area contributed by atoms with Crippen LogP contribution in [0.4, 0.5) is 0 Å². The smallest absolute Gasteiger partial charge is 0.355 e. The highest BCUT2D eigenvalue weighted by Crippen LogP contribution is 2.24. The average molecular weight is 364 g/mol. The van der Waals surface area contributed by atoms with Crippen LogP contribution in [0.1, 0.15) is 46.0 Å². The summed E-state index contributed by atoms with van der Waals surface area (Å²) in [5.74, 6) is -0.0795. The molecule has 0 radical (unpaired) electrons. The standard InChI is InChI=1S/C19H22ClNO4/c1-5-21-13(4)17(12(3)18(21)19(23)24-6-2)16(22)11-25-15-9-7-8-14(20)10-15/h7-10H,5-6,11H2,1-4H3. The topological polar surface area (TPSA) is 57.5 Å². The third kappa shape index (κ3) is 4.04. The summed E-state index contributed by atoms with van der Waals surface area (Å²) < 4.78 is 12.5. The molecule has 1 heterocycles. The number of benzene rings is 1. The molecule has 0 N–H and O–H groups in total. The number of hydrogen-bond acceptors (Lipinski definition) is 4. The van der Waals surface area contributed by atoms with Crippen molar-refractivity contribution in [3.63, 3.8) is 0 Å². The number of rotatable bonds is 7. The van der Waals surface area contributed by atoms with Gasteiger partial charge in [0.15, 0.2) is 6.61 Å². The van der Waals surface area contributed by atoms with Crippen LogP contribution in [-0.4, -0.2) is 29.5 Å². The summed E-state index contributed by atoms with van der Waals surface area (Å²) in [7, 11) is 0. The molecule has 0 amide bonds. The van der Waals surface area contributed by atoms with Crippen molar-refractivity contribution in [1.29, 1.82) is 0 Å². The van der Waals surface area contributed by atoms with Gasteiger partial charge in [0.05, 0.1) is 6.61 Å². The number of ketones is 1. The van der Waals surface area contributed by atoms with Crippen LogP contribution in [0.25, 0.3) is 0 Å². The fourth-order valence-electron chi connectivity index (χ4n) is 2.94. The van der Waals surface area contributed by atoms with Crippen LogP contribution in [0.15, 0.2) is 24.3 Å². The van der Waals surface area contributed by atoms with E-state index in [-0.39, 0.29) is 19.0 Å². The van der Waals surface area contributed by atoms with Gasteiger partial charge in [-0.1, -0.05) is 17.7 Å². The van der Waals surface area contributed by atoms with Crippen molar-refractivity contribution in [2.45, 2.75) is 34.2 Å².